The highest BCUT2D eigenvalue weighted by Crippen LogP contribution is 2.42. The van der Waals surface area contributed by atoms with Crippen LogP contribution in [0.4, 0.5) is 0 Å². The van der Waals surface area contributed by atoms with Crippen LogP contribution in [0.15, 0.2) is 12.2 Å². The maximum atomic E-state index is 6.10. The van der Waals surface area contributed by atoms with Crippen LogP contribution in [-0.2, 0) is 9.47 Å². The van der Waals surface area contributed by atoms with Crippen molar-refractivity contribution in [3.8, 4) is 0 Å². The highest BCUT2D eigenvalue weighted by atomic mass is 16.7. The lowest BCUT2D eigenvalue weighted by Crippen LogP contribution is -2.49. The lowest BCUT2D eigenvalue weighted by Gasteiger charge is -2.46. The van der Waals surface area contributed by atoms with Gasteiger partial charge in [-0.05, 0) is 18.3 Å². The Bertz CT molecular complexity index is 293. The van der Waals surface area contributed by atoms with Crippen molar-refractivity contribution in [1.82, 2.24) is 0 Å². The van der Waals surface area contributed by atoms with Crippen LogP contribution in [-0.4, -0.2) is 18.5 Å². The highest BCUT2D eigenvalue weighted by Gasteiger charge is 2.42. The molecule has 0 bridgehead atoms. The van der Waals surface area contributed by atoms with Crippen LogP contribution in [0.3, 0.4) is 0 Å². The predicted octanol–water partition coefficient (Wildman–Crippen LogP) is 3.76. The van der Waals surface area contributed by atoms with Crippen molar-refractivity contribution in [2.75, 3.05) is 0 Å². The van der Waals surface area contributed by atoms with Gasteiger partial charge in [-0.25, -0.2) is 0 Å². The second-order valence-corrected chi connectivity index (χ2v) is 6.51. The van der Waals surface area contributed by atoms with Crippen molar-refractivity contribution in [2.24, 2.45) is 17.3 Å². The maximum absolute atomic E-state index is 6.10. The molecule has 0 N–H and O–H groups in total. The molecule has 0 amide bonds. The lowest BCUT2D eigenvalue weighted by atomic mass is 9.72. The zero-order chi connectivity index (χ0) is 12.6. The first-order valence-electron chi connectivity index (χ1n) is 6.93. The summed E-state index contributed by atoms with van der Waals surface area (Å²) >= 11 is 0. The van der Waals surface area contributed by atoms with Crippen LogP contribution in [0.25, 0.3) is 0 Å². The van der Waals surface area contributed by atoms with Gasteiger partial charge in [-0.3, -0.25) is 0 Å². The van der Waals surface area contributed by atoms with Crippen molar-refractivity contribution in [3.05, 3.63) is 12.2 Å². The van der Waals surface area contributed by atoms with Crippen molar-refractivity contribution >= 4 is 0 Å². The smallest absolute Gasteiger partial charge is 0.161 e. The summed E-state index contributed by atoms with van der Waals surface area (Å²) in [5, 5.41) is 0. The molecule has 4 atom stereocenters. The van der Waals surface area contributed by atoms with Gasteiger partial charge in [0.15, 0.2) is 6.29 Å². The molecule has 1 aliphatic carbocycles. The fourth-order valence-corrected chi connectivity index (χ4v) is 2.95. The van der Waals surface area contributed by atoms with E-state index in [1.54, 1.807) is 0 Å². The van der Waals surface area contributed by atoms with Crippen molar-refractivity contribution in [2.45, 2.75) is 66.0 Å². The highest BCUT2D eigenvalue weighted by molar-refractivity contribution is 5.09. The Balaban J connectivity index is 2.16. The third kappa shape index (κ3) is 2.74. The van der Waals surface area contributed by atoms with Gasteiger partial charge in [0.05, 0.1) is 12.2 Å². The van der Waals surface area contributed by atoms with E-state index >= 15 is 0 Å². The van der Waals surface area contributed by atoms with E-state index in [0.29, 0.717) is 17.9 Å². The van der Waals surface area contributed by atoms with Crippen LogP contribution < -0.4 is 0 Å². The lowest BCUT2D eigenvalue weighted by molar-refractivity contribution is -0.278. The molecule has 1 saturated heterocycles. The molecule has 0 radical (unpaired) electrons. The zero-order valence-electron chi connectivity index (χ0n) is 11.8. The van der Waals surface area contributed by atoms with Gasteiger partial charge in [-0.15, -0.1) is 0 Å². The number of ether oxygens (including phenoxy) is 2. The number of hydrogen-bond donors (Lipinski definition) is 0. The third-order valence-corrected chi connectivity index (χ3v) is 3.95. The zero-order valence-corrected chi connectivity index (χ0v) is 11.8. The Labute approximate surface area is 105 Å². The van der Waals surface area contributed by atoms with Gasteiger partial charge in [0.25, 0.3) is 0 Å². The minimum Gasteiger partial charge on any atom is -0.349 e. The number of rotatable bonds is 2. The largest absolute Gasteiger partial charge is 0.349 e. The van der Waals surface area contributed by atoms with Crippen LogP contribution in [0.5, 0.6) is 0 Å². The van der Waals surface area contributed by atoms with Crippen molar-refractivity contribution in [1.29, 1.82) is 0 Å². The molecular formula is C15H26O2. The van der Waals surface area contributed by atoms with Gasteiger partial charge >= 0.3 is 0 Å². The van der Waals surface area contributed by atoms with E-state index in [9.17, 15) is 0 Å². The average Bonchev–Trinajstić information content (AvgIpc) is 2.26. The summed E-state index contributed by atoms with van der Waals surface area (Å²) in [5.41, 5.74) is 0.284. The standard InChI is InChI=1S/C15H26O2/c1-6-12-11-9-15(4,5)8-7-13(11)17-14(16-12)10(2)3/h7-8,10-14H,6,9H2,1-5H3. The van der Waals surface area contributed by atoms with Gasteiger partial charge in [0.2, 0.25) is 0 Å². The van der Waals surface area contributed by atoms with Crippen LogP contribution in [0.2, 0.25) is 0 Å². The van der Waals surface area contributed by atoms with E-state index in [-0.39, 0.29) is 17.8 Å². The summed E-state index contributed by atoms with van der Waals surface area (Å²) in [7, 11) is 0. The number of hydrogen-bond acceptors (Lipinski definition) is 2. The molecule has 1 heterocycles. The van der Waals surface area contributed by atoms with Crippen LogP contribution in [0.1, 0.15) is 47.5 Å². The summed E-state index contributed by atoms with van der Waals surface area (Å²) in [6, 6.07) is 0. The van der Waals surface area contributed by atoms with Gasteiger partial charge < -0.3 is 9.47 Å². The summed E-state index contributed by atoms with van der Waals surface area (Å²) in [6.45, 7) is 11.1. The first-order valence-corrected chi connectivity index (χ1v) is 6.93. The minimum absolute atomic E-state index is 0.0351. The SMILES string of the molecule is CCC1OC(C(C)C)OC2C=CC(C)(C)CC21. The second-order valence-electron chi connectivity index (χ2n) is 6.51. The molecular weight excluding hydrogens is 212 g/mol. The number of allylic oxidation sites excluding steroid dienone is 1. The molecule has 0 saturated carbocycles. The van der Waals surface area contributed by atoms with E-state index < -0.39 is 0 Å². The van der Waals surface area contributed by atoms with Gasteiger partial charge in [0, 0.05) is 11.8 Å². The third-order valence-electron chi connectivity index (χ3n) is 3.95. The van der Waals surface area contributed by atoms with Crippen LogP contribution >= 0.6 is 0 Å². The Morgan fingerprint density at radius 1 is 1.29 bits per heavy atom. The fraction of sp³-hybridized carbons (Fsp3) is 0.867. The Morgan fingerprint density at radius 3 is 2.59 bits per heavy atom. The molecule has 0 aromatic heterocycles. The summed E-state index contributed by atoms with van der Waals surface area (Å²) in [5.74, 6) is 0.948. The quantitative estimate of drug-likeness (QED) is 0.682. The Kier molecular flexibility index (Phi) is 3.65. The molecule has 2 aliphatic rings. The molecule has 1 fully saturated rings. The topological polar surface area (TPSA) is 18.5 Å². The molecule has 17 heavy (non-hydrogen) atoms. The predicted molar refractivity (Wildman–Crippen MR) is 69.7 cm³/mol. The molecule has 0 aromatic rings. The molecule has 98 valence electrons. The Hall–Kier alpha value is -0.340. The fourth-order valence-electron chi connectivity index (χ4n) is 2.95. The molecule has 2 rings (SSSR count). The summed E-state index contributed by atoms with van der Waals surface area (Å²) in [4.78, 5) is 0. The van der Waals surface area contributed by atoms with Gasteiger partial charge in [0.1, 0.15) is 0 Å². The average molecular weight is 238 g/mol. The first kappa shape index (κ1) is 13.1. The van der Waals surface area contributed by atoms with E-state index in [4.69, 9.17) is 9.47 Å². The molecule has 0 spiro atoms. The molecule has 4 unspecified atom stereocenters. The summed E-state index contributed by atoms with van der Waals surface area (Å²) in [6.07, 6.45) is 7.39. The second kappa shape index (κ2) is 4.74. The molecule has 1 aliphatic heterocycles. The van der Waals surface area contributed by atoms with Crippen molar-refractivity contribution in [3.63, 3.8) is 0 Å². The monoisotopic (exact) mass is 238 g/mol. The van der Waals surface area contributed by atoms with E-state index in [2.05, 4.69) is 46.8 Å². The Morgan fingerprint density at radius 2 is 2.00 bits per heavy atom. The van der Waals surface area contributed by atoms with E-state index in [1.165, 1.54) is 0 Å². The molecule has 2 heteroatoms. The van der Waals surface area contributed by atoms with Gasteiger partial charge in [-0.2, -0.15) is 0 Å². The molecule has 2 nitrogen and oxygen atoms in total. The van der Waals surface area contributed by atoms with Crippen molar-refractivity contribution < 1.29 is 9.47 Å². The van der Waals surface area contributed by atoms with E-state index in [1.807, 2.05) is 0 Å². The molecule has 0 aromatic carbocycles. The normalized spacial score (nSPS) is 40.4. The number of fused-ring (bicyclic) bond motifs is 1. The first-order chi connectivity index (χ1) is 7.93. The minimum atomic E-state index is -0.0351. The maximum Gasteiger partial charge on any atom is 0.161 e. The van der Waals surface area contributed by atoms with Gasteiger partial charge in [-0.1, -0.05) is 46.8 Å². The van der Waals surface area contributed by atoms with Crippen LogP contribution in [0, 0.1) is 17.3 Å². The van der Waals surface area contributed by atoms with E-state index in [0.717, 1.165) is 12.8 Å². The summed E-state index contributed by atoms with van der Waals surface area (Å²) < 4.78 is 12.2.